The zero-order chi connectivity index (χ0) is 21.8. The smallest absolute Gasteiger partial charge is 0.357 e. The Labute approximate surface area is 178 Å². The Kier molecular flexibility index (Phi) is 11.6. The monoisotopic (exact) mass is 422 g/mol. The molecule has 2 atom stereocenters. The third-order valence-electron chi connectivity index (χ3n) is 4.87. The van der Waals surface area contributed by atoms with Gasteiger partial charge in [0.15, 0.2) is 5.69 Å². The lowest BCUT2D eigenvalue weighted by molar-refractivity contribution is -0.135. The molecule has 1 N–H and O–H groups in total. The number of aromatic nitrogens is 1. The Morgan fingerprint density at radius 1 is 1.34 bits per heavy atom. The molecule has 6 nitrogen and oxygen atoms in total. The van der Waals surface area contributed by atoms with E-state index in [0.29, 0.717) is 30.8 Å². The number of methoxy groups -OCH3 is 1. The van der Waals surface area contributed by atoms with Crippen LogP contribution in [0.5, 0.6) is 0 Å². The topological polar surface area (TPSA) is 79.7 Å². The van der Waals surface area contributed by atoms with Gasteiger partial charge in [-0.15, -0.1) is 23.7 Å². The molecule has 0 radical (unpaired) electrons. The minimum absolute atomic E-state index is 0.118. The second kappa shape index (κ2) is 13.3. The van der Waals surface area contributed by atoms with Crippen LogP contribution in [0.1, 0.15) is 87.3 Å². The highest BCUT2D eigenvalue weighted by molar-refractivity contribution is 7.09. The van der Waals surface area contributed by atoms with Gasteiger partial charge in [-0.3, -0.25) is 4.79 Å². The number of unbranched alkanes of at least 4 members (excludes halogenated alkanes) is 3. The molecular formula is C22H34N2O4S. The fourth-order valence-corrected chi connectivity index (χ4v) is 3.97. The van der Waals surface area contributed by atoms with Gasteiger partial charge >= 0.3 is 5.97 Å². The molecule has 0 saturated carbocycles. The first-order chi connectivity index (χ1) is 13.8. The second-order valence-electron chi connectivity index (χ2n) is 7.48. The fraction of sp³-hybridized carbons (Fsp3) is 0.682. The van der Waals surface area contributed by atoms with Crippen molar-refractivity contribution in [1.82, 2.24) is 9.88 Å². The number of ether oxygens (including phenoxy) is 1. The van der Waals surface area contributed by atoms with Gasteiger partial charge in [0.25, 0.3) is 0 Å². The standard InChI is InChI=1S/C22H34N2O4S/c1-6-8-10-11-13-24(20(26)12-9-7-2)18(16(3)4)14-19(25)21-23-17(15-29-21)22(27)28-5/h1,15-16,18-19,25H,7-14H2,2-5H3. The lowest BCUT2D eigenvalue weighted by Gasteiger charge is -2.36. The van der Waals surface area contributed by atoms with Crippen LogP contribution in [0, 0.1) is 18.3 Å². The zero-order valence-electron chi connectivity index (χ0n) is 18.0. The van der Waals surface area contributed by atoms with Gasteiger partial charge in [-0.05, 0) is 25.2 Å². The Morgan fingerprint density at radius 3 is 2.66 bits per heavy atom. The van der Waals surface area contributed by atoms with Crippen LogP contribution in [0.25, 0.3) is 0 Å². The first-order valence-corrected chi connectivity index (χ1v) is 11.2. The van der Waals surface area contributed by atoms with Crippen LogP contribution in [-0.2, 0) is 9.53 Å². The Bertz CT molecular complexity index is 681. The molecular weight excluding hydrogens is 388 g/mol. The second-order valence-corrected chi connectivity index (χ2v) is 8.37. The Balaban J connectivity index is 2.93. The van der Waals surface area contributed by atoms with Crippen LogP contribution in [0.2, 0.25) is 0 Å². The minimum atomic E-state index is -0.849. The molecule has 0 aliphatic rings. The predicted octanol–water partition coefficient (Wildman–Crippen LogP) is 4.20. The molecule has 0 aromatic carbocycles. The van der Waals surface area contributed by atoms with Crippen molar-refractivity contribution >= 4 is 23.2 Å². The summed E-state index contributed by atoms with van der Waals surface area (Å²) >= 11 is 1.23. The number of aliphatic hydroxyl groups is 1. The van der Waals surface area contributed by atoms with E-state index in [2.05, 4.69) is 36.4 Å². The van der Waals surface area contributed by atoms with E-state index in [9.17, 15) is 14.7 Å². The summed E-state index contributed by atoms with van der Waals surface area (Å²) in [5.41, 5.74) is 0.192. The van der Waals surface area contributed by atoms with Gasteiger partial charge < -0.3 is 14.7 Å². The molecule has 1 rings (SSSR count). The summed E-state index contributed by atoms with van der Waals surface area (Å²) in [5, 5.41) is 12.8. The molecule has 1 amide bonds. The van der Waals surface area contributed by atoms with Gasteiger partial charge in [-0.1, -0.05) is 27.2 Å². The zero-order valence-corrected chi connectivity index (χ0v) is 18.8. The molecule has 162 valence electrons. The summed E-state index contributed by atoms with van der Waals surface area (Å²) < 4.78 is 4.68. The van der Waals surface area contributed by atoms with Gasteiger partial charge in [0, 0.05) is 37.2 Å². The molecule has 0 fully saturated rings. The predicted molar refractivity (Wildman–Crippen MR) is 116 cm³/mol. The maximum Gasteiger partial charge on any atom is 0.357 e. The SMILES string of the molecule is C#CCCCCN(C(=O)CCCC)C(CC(O)c1nc(C(=O)OC)cs1)C(C)C. The number of carbonyl (C=O) groups excluding carboxylic acids is 2. The lowest BCUT2D eigenvalue weighted by atomic mass is 9.95. The van der Waals surface area contributed by atoms with Crippen molar-refractivity contribution in [2.45, 2.75) is 77.9 Å². The molecule has 0 aliphatic carbocycles. The Hall–Kier alpha value is -1.91. The average Bonchev–Trinajstić information content (AvgIpc) is 3.20. The van der Waals surface area contributed by atoms with Crippen LogP contribution in [0.3, 0.4) is 0 Å². The summed E-state index contributed by atoms with van der Waals surface area (Å²) in [6, 6.07) is -0.120. The van der Waals surface area contributed by atoms with E-state index < -0.39 is 12.1 Å². The molecule has 0 saturated heterocycles. The number of nitrogens with zero attached hydrogens (tertiary/aromatic N) is 2. The highest BCUT2D eigenvalue weighted by Gasteiger charge is 2.29. The van der Waals surface area contributed by atoms with Gasteiger partial charge in [-0.2, -0.15) is 0 Å². The fourth-order valence-electron chi connectivity index (χ4n) is 3.18. The molecule has 29 heavy (non-hydrogen) atoms. The van der Waals surface area contributed by atoms with E-state index in [0.717, 1.165) is 25.7 Å². The number of thiazole rings is 1. The highest BCUT2D eigenvalue weighted by atomic mass is 32.1. The summed E-state index contributed by atoms with van der Waals surface area (Å²) in [5.74, 6) is 2.40. The number of hydrogen-bond acceptors (Lipinski definition) is 6. The number of aliphatic hydroxyl groups excluding tert-OH is 1. The van der Waals surface area contributed by atoms with Gasteiger partial charge in [0.05, 0.1) is 7.11 Å². The molecule has 0 aliphatic heterocycles. The van der Waals surface area contributed by atoms with Crippen molar-refractivity contribution < 1.29 is 19.4 Å². The molecule has 1 aromatic heterocycles. The van der Waals surface area contributed by atoms with Gasteiger partial charge in [-0.25, -0.2) is 9.78 Å². The molecule has 1 aromatic rings. The van der Waals surface area contributed by atoms with E-state index in [4.69, 9.17) is 6.42 Å². The molecule has 1 heterocycles. The lowest BCUT2D eigenvalue weighted by Crippen LogP contribution is -2.44. The van der Waals surface area contributed by atoms with Crippen LogP contribution in [-0.4, -0.2) is 46.6 Å². The van der Waals surface area contributed by atoms with Crippen LogP contribution in [0.15, 0.2) is 5.38 Å². The van der Waals surface area contributed by atoms with Crippen molar-refractivity contribution in [3.8, 4) is 12.3 Å². The summed E-state index contributed by atoms with van der Waals surface area (Å²) in [6.07, 6.45) is 9.59. The summed E-state index contributed by atoms with van der Waals surface area (Å²) in [7, 11) is 1.30. The van der Waals surface area contributed by atoms with Crippen molar-refractivity contribution in [1.29, 1.82) is 0 Å². The van der Waals surface area contributed by atoms with Crippen LogP contribution < -0.4 is 0 Å². The minimum Gasteiger partial charge on any atom is -0.464 e. The van der Waals surface area contributed by atoms with Crippen molar-refractivity contribution in [3.05, 3.63) is 16.1 Å². The average molecular weight is 423 g/mol. The number of rotatable bonds is 13. The first-order valence-electron chi connectivity index (χ1n) is 10.3. The molecule has 0 spiro atoms. The number of amides is 1. The van der Waals surface area contributed by atoms with Crippen LogP contribution >= 0.6 is 11.3 Å². The first kappa shape index (κ1) is 25.1. The van der Waals surface area contributed by atoms with E-state index in [-0.39, 0.29) is 23.6 Å². The Morgan fingerprint density at radius 2 is 2.07 bits per heavy atom. The third kappa shape index (κ3) is 8.15. The quantitative estimate of drug-likeness (QED) is 0.293. The number of esters is 1. The van der Waals surface area contributed by atoms with Gasteiger partial charge in [0.1, 0.15) is 11.1 Å². The van der Waals surface area contributed by atoms with Crippen LogP contribution in [0.4, 0.5) is 0 Å². The maximum absolute atomic E-state index is 12.9. The number of carbonyl (C=O) groups is 2. The highest BCUT2D eigenvalue weighted by Crippen LogP contribution is 2.28. The van der Waals surface area contributed by atoms with E-state index >= 15 is 0 Å². The number of terminal acetylenes is 1. The van der Waals surface area contributed by atoms with Crippen molar-refractivity contribution in [2.75, 3.05) is 13.7 Å². The van der Waals surface area contributed by atoms with Crippen molar-refractivity contribution in [3.63, 3.8) is 0 Å². The third-order valence-corrected chi connectivity index (χ3v) is 5.82. The molecule has 2 unspecified atom stereocenters. The largest absolute Gasteiger partial charge is 0.464 e. The summed E-state index contributed by atoms with van der Waals surface area (Å²) in [4.78, 5) is 30.6. The normalized spacial score (nSPS) is 13.0. The summed E-state index contributed by atoms with van der Waals surface area (Å²) in [6.45, 7) is 6.81. The van der Waals surface area contributed by atoms with Gasteiger partial charge in [0.2, 0.25) is 5.91 Å². The maximum atomic E-state index is 12.9. The van der Waals surface area contributed by atoms with E-state index in [1.165, 1.54) is 18.4 Å². The molecule has 7 heteroatoms. The number of hydrogen-bond donors (Lipinski definition) is 1. The van der Waals surface area contributed by atoms with Crippen molar-refractivity contribution in [2.24, 2.45) is 5.92 Å². The molecule has 0 bridgehead atoms. The van der Waals surface area contributed by atoms with E-state index in [1.807, 2.05) is 4.90 Å². The van der Waals surface area contributed by atoms with E-state index in [1.54, 1.807) is 5.38 Å².